The summed E-state index contributed by atoms with van der Waals surface area (Å²) in [7, 11) is 0. The zero-order valence-corrected chi connectivity index (χ0v) is 16.5. The number of aliphatic imine (C=N–C) groups is 1. The molecule has 1 aliphatic rings. The van der Waals surface area contributed by atoms with E-state index >= 15 is 0 Å². The minimum atomic E-state index is 0. The summed E-state index contributed by atoms with van der Waals surface area (Å²) < 4.78 is 3.06. The molecule has 0 amide bonds. The van der Waals surface area contributed by atoms with E-state index < -0.39 is 0 Å². The monoisotopic (exact) mass is 477 g/mol. The molecule has 1 aliphatic carbocycles. The van der Waals surface area contributed by atoms with Crippen LogP contribution in [0.5, 0.6) is 0 Å². The number of rotatable bonds is 4. The number of aryl methyl sites for hydroxylation is 1. The molecule has 0 atom stereocenters. The van der Waals surface area contributed by atoms with Gasteiger partial charge in [-0.3, -0.25) is 0 Å². The number of pyridine rings is 1. The van der Waals surface area contributed by atoms with E-state index in [4.69, 9.17) is 5.73 Å². The van der Waals surface area contributed by atoms with Crippen molar-refractivity contribution in [1.29, 1.82) is 0 Å². The molecule has 120 valence electrons. The van der Waals surface area contributed by atoms with Crippen LogP contribution in [-0.4, -0.2) is 21.9 Å². The second-order valence-corrected chi connectivity index (χ2v) is 6.60. The van der Waals surface area contributed by atoms with Crippen molar-refractivity contribution >= 4 is 51.5 Å². The predicted molar refractivity (Wildman–Crippen MR) is 104 cm³/mol. The summed E-state index contributed by atoms with van der Waals surface area (Å²) in [4.78, 5) is 8.97. The Kier molecular flexibility index (Phi) is 6.08. The van der Waals surface area contributed by atoms with E-state index in [1.807, 2.05) is 16.8 Å². The van der Waals surface area contributed by atoms with Crippen LogP contribution in [0.1, 0.15) is 30.5 Å². The fourth-order valence-corrected chi connectivity index (χ4v) is 3.08. The lowest BCUT2D eigenvalue weighted by Crippen LogP contribution is -2.37. The molecule has 0 aliphatic heterocycles. The molecule has 3 rings (SSSR count). The van der Waals surface area contributed by atoms with Crippen molar-refractivity contribution in [3.63, 3.8) is 0 Å². The van der Waals surface area contributed by atoms with Crippen LogP contribution in [0.15, 0.2) is 27.9 Å². The van der Waals surface area contributed by atoms with Crippen LogP contribution < -0.4 is 11.1 Å². The average Bonchev–Trinajstić information content (AvgIpc) is 2.77. The third-order valence-electron chi connectivity index (χ3n) is 3.96. The van der Waals surface area contributed by atoms with Gasteiger partial charge in [-0.25, -0.2) is 9.98 Å². The lowest BCUT2D eigenvalue weighted by Gasteiger charge is -2.25. The first-order valence-electron chi connectivity index (χ1n) is 7.29. The first-order chi connectivity index (χ1) is 10.1. The molecule has 7 heteroatoms. The van der Waals surface area contributed by atoms with E-state index in [2.05, 4.69) is 44.2 Å². The highest BCUT2D eigenvalue weighted by Gasteiger charge is 2.16. The minimum absolute atomic E-state index is 0. The summed E-state index contributed by atoms with van der Waals surface area (Å²) >= 11 is 3.49. The normalized spacial score (nSPS) is 15.5. The smallest absolute Gasteiger partial charge is 0.188 e. The Bertz CT molecular complexity index is 678. The summed E-state index contributed by atoms with van der Waals surface area (Å²) in [6, 6.07) is 2.06. The molecule has 0 unspecified atom stereocenters. The fourth-order valence-electron chi connectivity index (χ4n) is 2.52. The third kappa shape index (κ3) is 4.13. The van der Waals surface area contributed by atoms with Crippen molar-refractivity contribution < 1.29 is 0 Å². The molecule has 0 saturated heterocycles. The highest BCUT2D eigenvalue weighted by molar-refractivity contribution is 14.0. The maximum atomic E-state index is 5.89. The third-order valence-corrected chi connectivity index (χ3v) is 4.39. The van der Waals surface area contributed by atoms with Crippen LogP contribution in [-0.2, 0) is 6.54 Å². The van der Waals surface area contributed by atoms with Gasteiger partial charge in [0.05, 0.1) is 12.2 Å². The number of nitrogens with zero attached hydrogens (tertiary/aromatic N) is 3. The summed E-state index contributed by atoms with van der Waals surface area (Å²) in [6.45, 7) is 3.49. The van der Waals surface area contributed by atoms with Gasteiger partial charge in [-0.05, 0) is 53.2 Å². The van der Waals surface area contributed by atoms with Gasteiger partial charge in [0.1, 0.15) is 5.65 Å². The van der Waals surface area contributed by atoms with E-state index in [0.29, 0.717) is 12.5 Å². The molecule has 0 spiro atoms. The van der Waals surface area contributed by atoms with Crippen LogP contribution in [0.25, 0.3) is 5.65 Å². The highest BCUT2D eigenvalue weighted by Crippen LogP contribution is 2.25. The number of aromatic nitrogens is 2. The van der Waals surface area contributed by atoms with Crippen LogP contribution >= 0.6 is 39.9 Å². The number of nitrogens with two attached hydrogens (primary N) is 1. The zero-order chi connectivity index (χ0) is 14.8. The first-order valence-corrected chi connectivity index (χ1v) is 8.08. The standard InChI is InChI=1S/C15H20BrN5.HI/c1-10-5-12(16)8-21-9-13(20-14(10)21)7-19-15(17)18-6-11-3-2-4-11;/h5,8-9,11H,2-4,6-7H2,1H3,(H3,17,18,19);1H. The van der Waals surface area contributed by atoms with Gasteiger partial charge in [0.2, 0.25) is 0 Å². The Hall–Kier alpha value is -0.830. The van der Waals surface area contributed by atoms with Crippen LogP contribution in [0.2, 0.25) is 0 Å². The molecule has 22 heavy (non-hydrogen) atoms. The molecule has 0 radical (unpaired) electrons. The predicted octanol–water partition coefficient (Wildman–Crippen LogP) is 3.23. The van der Waals surface area contributed by atoms with Crippen molar-refractivity contribution in [3.05, 3.63) is 34.2 Å². The van der Waals surface area contributed by atoms with Gasteiger partial charge in [0, 0.05) is 23.4 Å². The van der Waals surface area contributed by atoms with Crippen molar-refractivity contribution in [2.24, 2.45) is 16.6 Å². The lowest BCUT2D eigenvalue weighted by atomic mass is 9.85. The maximum absolute atomic E-state index is 5.89. The minimum Gasteiger partial charge on any atom is -0.370 e. The van der Waals surface area contributed by atoms with Gasteiger partial charge in [0.25, 0.3) is 0 Å². The largest absolute Gasteiger partial charge is 0.370 e. The Morgan fingerprint density at radius 1 is 1.50 bits per heavy atom. The molecule has 1 saturated carbocycles. The molecule has 5 nitrogen and oxygen atoms in total. The van der Waals surface area contributed by atoms with Crippen molar-refractivity contribution in [3.8, 4) is 0 Å². The molecule has 0 aromatic carbocycles. The molecule has 0 bridgehead atoms. The average molecular weight is 478 g/mol. The van der Waals surface area contributed by atoms with Crippen LogP contribution in [0.3, 0.4) is 0 Å². The molecule has 2 aromatic rings. The second-order valence-electron chi connectivity index (χ2n) is 5.68. The number of hydrogen-bond donors (Lipinski definition) is 2. The Balaban J connectivity index is 0.00000176. The summed E-state index contributed by atoms with van der Waals surface area (Å²) in [5, 5.41) is 3.19. The Morgan fingerprint density at radius 2 is 2.27 bits per heavy atom. The van der Waals surface area contributed by atoms with Crippen LogP contribution in [0, 0.1) is 12.8 Å². The number of imidazole rings is 1. The topological polar surface area (TPSA) is 67.7 Å². The number of halogens is 2. The second kappa shape index (κ2) is 7.63. The molecule has 1 fully saturated rings. The van der Waals surface area contributed by atoms with E-state index in [1.165, 1.54) is 19.3 Å². The lowest BCUT2D eigenvalue weighted by molar-refractivity contribution is 0.315. The van der Waals surface area contributed by atoms with Gasteiger partial charge in [0.15, 0.2) is 5.96 Å². The van der Waals surface area contributed by atoms with E-state index in [0.717, 1.165) is 33.8 Å². The SMILES string of the molecule is Cc1cc(Br)cn2cc(CN=C(N)NCC3CCC3)nc12.I. The zero-order valence-electron chi connectivity index (χ0n) is 12.6. The quantitative estimate of drug-likeness (QED) is 0.403. The van der Waals surface area contributed by atoms with E-state index in [-0.39, 0.29) is 24.0 Å². The van der Waals surface area contributed by atoms with Gasteiger partial charge in [-0.2, -0.15) is 0 Å². The maximum Gasteiger partial charge on any atom is 0.188 e. The van der Waals surface area contributed by atoms with Gasteiger partial charge < -0.3 is 15.5 Å². The van der Waals surface area contributed by atoms with E-state index in [9.17, 15) is 0 Å². The van der Waals surface area contributed by atoms with Crippen molar-refractivity contribution in [1.82, 2.24) is 14.7 Å². The number of nitrogens with one attached hydrogen (secondary N) is 1. The first kappa shape index (κ1) is 17.5. The Labute approximate surface area is 155 Å². The fraction of sp³-hybridized carbons (Fsp3) is 0.467. The molecular weight excluding hydrogens is 457 g/mol. The number of fused-ring (bicyclic) bond motifs is 1. The molecule has 3 N–H and O–H groups in total. The van der Waals surface area contributed by atoms with Crippen molar-refractivity contribution in [2.45, 2.75) is 32.7 Å². The summed E-state index contributed by atoms with van der Waals surface area (Å²) in [6.07, 6.45) is 7.96. The Morgan fingerprint density at radius 3 is 2.95 bits per heavy atom. The van der Waals surface area contributed by atoms with Crippen molar-refractivity contribution in [2.75, 3.05) is 6.54 Å². The van der Waals surface area contributed by atoms with Gasteiger partial charge >= 0.3 is 0 Å². The molecule has 2 heterocycles. The van der Waals surface area contributed by atoms with Gasteiger partial charge in [-0.15, -0.1) is 24.0 Å². The summed E-state index contributed by atoms with van der Waals surface area (Å²) in [5.41, 5.74) is 8.91. The summed E-state index contributed by atoms with van der Waals surface area (Å²) in [5.74, 6) is 1.28. The highest BCUT2D eigenvalue weighted by atomic mass is 127. The van der Waals surface area contributed by atoms with E-state index in [1.54, 1.807) is 0 Å². The number of guanidine groups is 1. The van der Waals surface area contributed by atoms with Gasteiger partial charge in [-0.1, -0.05) is 6.42 Å². The molecule has 2 aromatic heterocycles. The number of hydrogen-bond acceptors (Lipinski definition) is 2. The van der Waals surface area contributed by atoms with Crippen LogP contribution in [0.4, 0.5) is 0 Å². The molecular formula is C15H21BrIN5.